The Morgan fingerprint density at radius 2 is 1.06 bits per heavy atom. The van der Waals surface area contributed by atoms with Gasteiger partial charge in [-0.25, -0.2) is 4.98 Å². The summed E-state index contributed by atoms with van der Waals surface area (Å²) < 4.78 is 9.16. The molecule has 9 aromatic rings. The van der Waals surface area contributed by atoms with Gasteiger partial charge in [0.2, 0.25) is 0 Å². The standard InChI is InChI=1S/C63H64N4O/c1-40-31-59(64-38-54(40)60-41(2)29-45(30-42(60)3)61(4,5)6)67-55-28-25-44(43-19-14-13-15-20-43)32-53(55)52-27-26-51(37-58(52)67)68-50-22-18-21-48(36-50)65-39-66(57-24-17-16-23-56(57)65)49-34-46(62(7,8)9)33-47(35-49)63(10,11)12/h13-38H,39H2,1-12H3. The molecular formula is C63H64N4O. The van der Waals surface area contributed by atoms with Gasteiger partial charge in [-0.2, -0.15) is 0 Å². The number of hydrogen-bond donors (Lipinski definition) is 0. The molecule has 2 aromatic heterocycles. The maximum absolute atomic E-state index is 6.86. The van der Waals surface area contributed by atoms with E-state index in [-0.39, 0.29) is 16.2 Å². The van der Waals surface area contributed by atoms with Gasteiger partial charge in [0.1, 0.15) is 24.0 Å². The molecular weight excluding hydrogens is 829 g/mol. The molecule has 3 heterocycles. The van der Waals surface area contributed by atoms with Crippen molar-refractivity contribution in [2.24, 2.45) is 0 Å². The van der Waals surface area contributed by atoms with Crippen LogP contribution < -0.4 is 14.5 Å². The number of aromatic nitrogens is 2. The van der Waals surface area contributed by atoms with Crippen molar-refractivity contribution in [2.45, 2.75) is 99.3 Å². The monoisotopic (exact) mass is 893 g/mol. The molecule has 0 bridgehead atoms. The minimum absolute atomic E-state index is 0.0148. The largest absolute Gasteiger partial charge is 0.457 e. The van der Waals surface area contributed by atoms with Crippen LogP contribution in [0.4, 0.5) is 22.7 Å². The lowest BCUT2D eigenvalue weighted by Crippen LogP contribution is -2.25. The van der Waals surface area contributed by atoms with E-state index in [2.05, 4.69) is 255 Å². The Kier molecular flexibility index (Phi) is 10.9. The number of aryl methyl sites for hydroxylation is 3. The third-order valence-electron chi connectivity index (χ3n) is 13.9. The number of nitrogens with zero attached hydrogens (tertiary/aromatic N) is 4. The lowest BCUT2D eigenvalue weighted by atomic mass is 9.80. The molecule has 10 rings (SSSR count). The SMILES string of the molecule is Cc1cc(-n2c3ccc(-c4ccccc4)cc3c3ccc(Oc4cccc(N5CN(c6cc(C(C)(C)C)cc(C(C)(C)C)c6)c6ccccc65)c4)cc32)ncc1-c1c(C)cc(C(C)(C)C)cc1C. The summed E-state index contributed by atoms with van der Waals surface area (Å²) in [5.41, 5.74) is 19.4. The fourth-order valence-electron chi connectivity index (χ4n) is 10.0. The molecule has 0 fully saturated rings. The third kappa shape index (κ3) is 8.23. The number of benzene rings is 7. The summed E-state index contributed by atoms with van der Waals surface area (Å²) in [5.74, 6) is 2.41. The molecule has 0 radical (unpaired) electrons. The number of fused-ring (bicyclic) bond motifs is 4. The van der Waals surface area contributed by atoms with E-state index in [4.69, 9.17) is 9.72 Å². The molecule has 1 aliphatic rings. The van der Waals surface area contributed by atoms with Crippen LogP contribution in [0.1, 0.15) is 95.7 Å². The first-order valence-electron chi connectivity index (χ1n) is 24.1. The van der Waals surface area contributed by atoms with Crippen LogP contribution in [0.15, 0.2) is 158 Å². The molecule has 0 saturated carbocycles. The third-order valence-corrected chi connectivity index (χ3v) is 13.9. The van der Waals surface area contributed by atoms with Crippen molar-refractivity contribution >= 4 is 44.6 Å². The van der Waals surface area contributed by atoms with Gasteiger partial charge in [-0.05, 0) is 154 Å². The molecule has 5 nitrogen and oxygen atoms in total. The zero-order chi connectivity index (χ0) is 47.9. The molecule has 0 unspecified atom stereocenters. The normalized spacial score (nSPS) is 13.2. The second kappa shape index (κ2) is 16.6. The fourth-order valence-corrected chi connectivity index (χ4v) is 10.0. The molecule has 1 aliphatic heterocycles. The summed E-state index contributed by atoms with van der Waals surface area (Å²) in [5, 5.41) is 2.31. The van der Waals surface area contributed by atoms with Crippen molar-refractivity contribution in [3.63, 3.8) is 0 Å². The number of ether oxygens (including phenoxy) is 1. The summed E-state index contributed by atoms with van der Waals surface area (Å²) in [6, 6.07) is 55.2. The molecule has 0 spiro atoms. The van der Waals surface area contributed by atoms with Crippen molar-refractivity contribution in [1.82, 2.24) is 9.55 Å². The maximum atomic E-state index is 6.86. The molecule has 0 saturated heterocycles. The average Bonchev–Trinajstić information content (AvgIpc) is 3.84. The van der Waals surface area contributed by atoms with Crippen LogP contribution >= 0.6 is 0 Å². The highest BCUT2D eigenvalue weighted by atomic mass is 16.5. The predicted octanol–water partition coefficient (Wildman–Crippen LogP) is 17.4. The van der Waals surface area contributed by atoms with Gasteiger partial charge in [0.15, 0.2) is 0 Å². The Bertz CT molecular complexity index is 3340. The number of hydrogen-bond acceptors (Lipinski definition) is 4. The molecule has 0 atom stereocenters. The van der Waals surface area contributed by atoms with E-state index in [0.29, 0.717) is 6.67 Å². The predicted molar refractivity (Wildman–Crippen MR) is 288 cm³/mol. The van der Waals surface area contributed by atoms with Crippen LogP contribution in [0.25, 0.3) is 49.9 Å². The van der Waals surface area contributed by atoms with Crippen molar-refractivity contribution in [2.75, 3.05) is 16.5 Å². The van der Waals surface area contributed by atoms with Gasteiger partial charge >= 0.3 is 0 Å². The van der Waals surface area contributed by atoms with Crippen LogP contribution in [-0.2, 0) is 16.2 Å². The Hall–Kier alpha value is -7.11. The average molecular weight is 893 g/mol. The molecule has 7 aromatic carbocycles. The van der Waals surface area contributed by atoms with E-state index >= 15 is 0 Å². The zero-order valence-corrected chi connectivity index (χ0v) is 41.9. The van der Waals surface area contributed by atoms with Gasteiger partial charge in [-0.15, -0.1) is 0 Å². The first-order chi connectivity index (χ1) is 32.3. The Morgan fingerprint density at radius 3 is 1.69 bits per heavy atom. The van der Waals surface area contributed by atoms with Gasteiger partial charge < -0.3 is 14.5 Å². The summed E-state index contributed by atoms with van der Waals surface area (Å²) in [7, 11) is 0. The summed E-state index contributed by atoms with van der Waals surface area (Å²) in [6.07, 6.45) is 2.07. The molecule has 5 heteroatoms. The second-order valence-electron chi connectivity index (χ2n) is 22.1. The van der Waals surface area contributed by atoms with Crippen LogP contribution in [0, 0.1) is 20.8 Å². The first kappa shape index (κ1) is 44.7. The van der Waals surface area contributed by atoms with Gasteiger partial charge in [0.05, 0.1) is 22.4 Å². The van der Waals surface area contributed by atoms with E-state index in [0.717, 1.165) is 45.0 Å². The Labute approximate surface area is 403 Å². The van der Waals surface area contributed by atoms with Crippen LogP contribution in [-0.4, -0.2) is 16.2 Å². The lowest BCUT2D eigenvalue weighted by Gasteiger charge is -2.29. The number of anilines is 4. The van der Waals surface area contributed by atoms with Crippen LogP contribution in [0.5, 0.6) is 11.5 Å². The minimum atomic E-state index is 0.0148. The van der Waals surface area contributed by atoms with E-state index in [1.807, 2.05) is 0 Å². The summed E-state index contributed by atoms with van der Waals surface area (Å²) in [4.78, 5) is 10.1. The molecule has 68 heavy (non-hydrogen) atoms. The number of rotatable bonds is 7. The topological polar surface area (TPSA) is 33.5 Å². The zero-order valence-electron chi connectivity index (χ0n) is 41.9. The first-order valence-corrected chi connectivity index (χ1v) is 24.1. The van der Waals surface area contributed by atoms with Crippen molar-refractivity contribution in [3.05, 3.63) is 191 Å². The van der Waals surface area contributed by atoms with E-state index < -0.39 is 0 Å². The quantitative estimate of drug-likeness (QED) is 0.160. The highest BCUT2D eigenvalue weighted by Gasteiger charge is 2.31. The Morgan fingerprint density at radius 1 is 0.456 bits per heavy atom. The van der Waals surface area contributed by atoms with E-state index in [1.165, 1.54) is 72.5 Å². The highest BCUT2D eigenvalue weighted by Crippen LogP contribution is 2.47. The summed E-state index contributed by atoms with van der Waals surface area (Å²) >= 11 is 0. The van der Waals surface area contributed by atoms with Crippen LogP contribution in [0.2, 0.25) is 0 Å². The van der Waals surface area contributed by atoms with E-state index in [1.54, 1.807) is 0 Å². The van der Waals surface area contributed by atoms with Crippen molar-refractivity contribution < 1.29 is 4.74 Å². The smallest absolute Gasteiger partial charge is 0.137 e. The molecule has 0 aliphatic carbocycles. The fraction of sp³-hybridized carbons (Fsp3) is 0.254. The van der Waals surface area contributed by atoms with Gasteiger partial charge in [0.25, 0.3) is 0 Å². The molecule has 342 valence electrons. The number of para-hydroxylation sites is 2. The Balaban J connectivity index is 1.03. The van der Waals surface area contributed by atoms with Gasteiger partial charge in [-0.3, -0.25) is 4.57 Å². The van der Waals surface area contributed by atoms with E-state index in [9.17, 15) is 0 Å². The highest BCUT2D eigenvalue weighted by molar-refractivity contribution is 6.10. The van der Waals surface area contributed by atoms with Crippen molar-refractivity contribution in [1.29, 1.82) is 0 Å². The molecule has 0 amide bonds. The van der Waals surface area contributed by atoms with Gasteiger partial charge in [0, 0.05) is 46.0 Å². The lowest BCUT2D eigenvalue weighted by molar-refractivity contribution is 0.483. The maximum Gasteiger partial charge on any atom is 0.137 e. The minimum Gasteiger partial charge on any atom is -0.457 e. The van der Waals surface area contributed by atoms with Crippen LogP contribution in [0.3, 0.4) is 0 Å². The number of pyridine rings is 1. The van der Waals surface area contributed by atoms with Crippen molar-refractivity contribution in [3.8, 4) is 39.6 Å². The molecule has 0 N–H and O–H groups in total. The van der Waals surface area contributed by atoms with Gasteiger partial charge in [-0.1, -0.05) is 135 Å². The summed E-state index contributed by atoms with van der Waals surface area (Å²) in [6.45, 7) is 28.0. The second-order valence-corrected chi connectivity index (χ2v) is 22.1.